The van der Waals surface area contributed by atoms with Crippen molar-refractivity contribution in [3.63, 3.8) is 0 Å². The molecule has 10 heteroatoms. The lowest BCUT2D eigenvalue weighted by molar-refractivity contribution is 0.0417. The van der Waals surface area contributed by atoms with Crippen LogP contribution in [0.25, 0.3) is 0 Å². The fraction of sp³-hybridized carbons (Fsp3) is 0.409. The van der Waals surface area contributed by atoms with Gasteiger partial charge in [-0.1, -0.05) is 13.0 Å². The summed E-state index contributed by atoms with van der Waals surface area (Å²) in [6.07, 6.45) is -0.364. The van der Waals surface area contributed by atoms with Crippen molar-refractivity contribution in [2.75, 3.05) is 31.5 Å². The average Bonchev–Trinajstić information content (AvgIpc) is 2.76. The van der Waals surface area contributed by atoms with Crippen molar-refractivity contribution in [2.24, 2.45) is 5.92 Å². The van der Waals surface area contributed by atoms with E-state index in [0.29, 0.717) is 13.1 Å². The molecule has 0 radical (unpaired) electrons. The minimum absolute atomic E-state index is 0.102. The predicted molar refractivity (Wildman–Crippen MR) is 119 cm³/mol. The Labute approximate surface area is 187 Å². The van der Waals surface area contributed by atoms with Crippen molar-refractivity contribution in [3.05, 3.63) is 53.8 Å². The highest BCUT2D eigenvalue weighted by Gasteiger charge is 2.34. The molecule has 3 N–H and O–H groups in total. The lowest BCUT2D eigenvalue weighted by atomic mass is 9.99. The Morgan fingerprint density at radius 2 is 1.94 bits per heavy atom. The Kier molecular flexibility index (Phi) is 7.37. The summed E-state index contributed by atoms with van der Waals surface area (Å²) in [6.45, 7) is 4.32. The number of aliphatic hydroxyl groups is 1. The summed E-state index contributed by atoms with van der Waals surface area (Å²) in [6, 6.07) is 8.65. The van der Waals surface area contributed by atoms with Crippen LogP contribution in [0.4, 0.5) is 10.1 Å². The van der Waals surface area contributed by atoms with E-state index >= 15 is 0 Å². The van der Waals surface area contributed by atoms with Crippen molar-refractivity contribution in [1.29, 1.82) is 0 Å². The number of fused-ring (bicyclic) bond motifs is 1. The Hall–Kier alpha value is -2.69. The summed E-state index contributed by atoms with van der Waals surface area (Å²) in [5.74, 6) is -0.899. The van der Waals surface area contributed by atoms with Crippen molar-refractivity contribution >= 4 is 21.6 Å². The molecule has 0 bridgehead atoms. The summed E-state index contributed by atoms with van der Waals surface area (Å²) in [4.78, 5) is 14.8. The van der Waals surface area contributed by atoms with Crippen LogP contribution in [-0.2, 0) is 10.0 Å². The molecule has 1 aliphatic rings. The van der Waals surface area contributed by atoms with Gasteiger partial charge in [-0.2, -0.15) is 0 Å². The van der Waals surface area contributed by atoms with Crippen molar-refractivity contribution < 1.29 is 27.4 Å². The number of para-hydroxylation sites is 1. The van der Waals surface area contributed by atoms with Gasteiger partial charge in [-0.05, 0) is 50.4 Å². The predicted octanol–water partition coefficient (Wildman–Crippen LogP) is 2.07. The molecule has 1 amide bonds. The van der Waals surface area contributed by atoms with Crippen LogP contribution in [0.3, 0.4) is 0 Å². The first kappa shape index (κ1) is 24.0. The number of rotatable bonds is 7. The van der Waals surface area contributed by atoms with Crippen LogP contribution < -0.4 is 14.8 Å². The number of nitrogens with one attached hydrogen (secondary N) is 2. The van der Waals surface area contributed by atoms with Crippen LogP contribution in [0.15, 0.2) is 47.4 Å². The molecule has 174 valence electrons. The third-order valence-electron chi connectivity index (χ3n) is 5.46. The number of halogens is 1. The third kappa shape index (κ3) is 5.03. The SMILES string of the molecule is CNC[C@H]1Oc2c(NS(=O)(=O)c3ccc(F)cc3)cccc2C(=O)N([C@@H](C)CO)C[C@@H]1C. The number of hydrogen-bond donors (Lipinski definition) is 3. The minimum Gasteiger partial charge on any atom is -0.486 e. The smallest absolute Gasteiger partial charge is 0.262 e. The highest BCUT2D eigenvalue weighted by atomic mass is 32.2. The van der Waals surface area contributed by atoms with Crippen molar-refractivity contribution in [3.8, 4) is 5.75 Å². The van der Waals surface area contributed by atoms with E-state index in [1.807, 2.05) is 6.92 Å². The first-order valence-electron chi connectivity index (χ1n) is 10.3. The topological polar surface area (TPSA) is 108 Å². The molecule has 1 aliphatic heterocycles. The Bertz CT molecular complexity index is 1060. The molecule has 3 atom stereocenters. The molecule has 0 fully saturated rings. The van der Waals surface area contributed by atoms with Gasteiger partial charge in [-0.15, -0.1) is 0 Å². The second kappa shape index (κ2) is 9.85. The minimum atomic E-state index is -4.06. The molecule has 0 saturated carbocycles. The normalized spacial score (nSPS) is 20.0. The van der Waals surface area contributed by atoms with Gasteiger partial charge in [-0.3, -0.25) is 9.52 Å². The Balaban J connectivity index is 2.08. The van der Waals surface area contributed by atoms with Crippen LogP contribution in [0, 0.1) is 11.7 Å². The van der Waals surface area contributed by atoms with E-state index in [2.05, 4.69) is 10.0 Å². The summed E-state index contributed by atoms with van der Waals surface area (Å²) < 4.78 is 47.7. The van der Waals surface area contributed by atoms with Gasteiger partial charge in [0.2, 0.25) is 0 Å². The van der Waals surface area contributed by atoms with E-state index in [1.54, 1.807) is 31.0 Å². The molecule has 0 aliphatic carbocycles. The summed E-state index contributed by atoms with van der Waals surface area (Å²) >= 11 is 0. The molecule has 8 nitrogen and oxygen atoms in total. The Morgan fingerprint density at radius 1 is 1.25 bits per heavy atom. The van der Waals surface area contributed by atoms with Crippen LogP contribution in [0.5, 0.6) is 5.75 Å². The third-order valence-corrected chi connectivity index (χ3v) is 6.85. The lowest BCUT2D eigenvalue weighted by Gasteiger charge is -2.37. The van der Waals surface area contributed by atoms with E-state index in [-0.39, 0.29) is 46.4 Å². The maximum absolute atomic E-state index is 13.3. The first-order valence-corrected chi connectivity index (χ1v) is 11.8. The maximum atomic E-state index is 13.3. The molecule has 0 spiro atoms. The number of benzene rings is 2. The summed E-state index contributed by atoms with van der Waals surface area (Å²) in [5.41, 5.74) is 0.296. The molecule has 1 heterocycles. The van der Waals surface area contributed by atoms with Crippen LogP contribution in [-0.4, -0.2) is 63.2 Å². The number of carbonyl (C=O) groups excluding carboxylic acids is 1. The number of anilines is 1. The molecule has 0 unspecified atom stereocenters. The second-order valence-corrected chi connectivity index (χ2v) is 9.60. The van der Waals surface area contributed by atoms with Gasteiger partial charge in [0.1, 0.15) is 11.9 Å². The zero-order valence-electron chi connectivity index (χ0n) is 18.2. The molecule has 2 aromatic rings. The molecular formula is C22H28FN3O5S. The number of likely N-dealkylation sites (N-methyl/N-ethyl adjacent to an activating group) is 1. The molecule has 3 rings (SSSR count). The summed E-state index contributed by atoms with van der Waals surface area (Å²) in [7, 11) is -2.28. The zero-order chi connectivity index (χ0) is 23.5. The monoisotopic (exact) mass is 465 g/mol. The number of carbonyl (C=O) groups is 1. The van der Waals surface area contributed by atoms with E-state index in [4.69, 9.17) is 4.74 Å². The highest BCUT2D eigenvalue weighted by molar-refractivity contribution is 7.92. The van der Waals surface area contributed by atoms with Crippen molar-refractivity contribution in [1.82, 2.24) is 10.2 Å². The summed E-state index contributed by atoms with van der Waals surface area (Å²) in [5, 5.41) is 12.7. The standard InChI is InChI=1S/C22H28FN3O5S/c1-14-12-26(15(2)13-27)22(28)18-5-4-6-19(21(18)31-20(14)11-24-3)25-32(29,30)17-9-7-16(23)8-10-17/h4-10,14-15,20,24-25,27H,11-13H2,1-3H3/t14-,15-,20+/m0/s1. The number of hydrogen-bond acceptors (Lipinski definition) is 6. The van der Waals surface area contributed by atoms with E-state index in [1.165, 1.54) is 6.07 Å². The second-order valence-electron chi connectivity index (χ2n) is 7.92. The van der Waals surface area contributed by atoms with E-state index < -0.39 is 21.9 Å². The number of sulfonamides is 1. The van der Waals surface area contributed by atoms with Gasteiger partial charge in [-0.25, -0.2) is 12.8 Å². The van der Waals surface area contributed by atoms with Crippen LogP contribution in [0.2, 0.25) is 0 Å². The first-order chi connectivity index (χ1) is 15.2. The number of amides is 1. The molecular weight excluding hydrogens is 437 g/mol. The highest BCUT2D eigenvalue weighted by Crippen LogP contribution is 2.35. The van der Waals surface area contributed by atoms with Crippen molar-refractivity contribution in [2.45, 2.75) is 30.9 Å². The molecule has 32 heavy (non-hydrogen) atoms. The van der Waals surface area contributed by atoms with Gasteiger partial charge in [0, 0.05) is 19.0 Å². The quantitative estimate of drug-likeness (QED) is 0.578. The van der Waals surface area contributed by atoms with E-state index in [0.717, 1.165) is 24.3 Å². The largest absolute Gasteiger partial charge is 0.486 e. The number of nitrogens with zero attached hydrogens (tertiary/aromatic N) is 1. The number of ether oxygens (including phenoxy) is 1. The molecule has 0 aromatic heterocycles. The van der Waals surface area contributed by atoms with E-state index in [9.17, 15) is 22.7 Å². The maximum Gasteiger partial charge on any atom is 0.262 e. The molecule has 2 aromatic carbocycles. The number of aliphatic hydroxyl groups excluding tert-OH is 1. The van der Waals surface area contributed by atoms with Gasteiger partial charge in [0.05, 0.1) is 28.8 Å². The van der Waals surface area contributed by atoms with Gasteiger partial charge >= 0.3 is 0 Å². The van der Waals surface area contributed by atoms with Gasteiger partial charge < -0.3 is 20.1 Å². The molecule has 0 saturated heterocycles. The van der Waals surface area contributed by atoms with Gasteiger partial charge in [0.15, 0.2) is 5.75 Å². The fourth-order valence-electron chi connectivity index (χ4n) is 3.59. The zero-order valence-corrected chi connectivity index (χ0v) is 19.0. The van der Waals surface area contributed by atoms with Crippen LogP contribution in [0.1, 0.15) is 24.2 Å². The van der Waals surface area contributed by atoms with Crippen LogP contribution >= 0.6 is 0 Å². The Morgan fingerprint density at radius 3 is 2.56 bits per heavy atom. The fourth-order valence-corrected chi connectivity index (χ4v) is 4.65. The van der Waals surface area contributed by atoms with Gasteiger partial charge in [0.25, 0.3) is 15.9 Å². The average molecular weight is 466 g/mol. The lowest BCUT2D eigenvalue weighted by Crippen LogP contribution is -2.49.